The molecule has 4 rings (SSSR count). The van der Waals surface area contributed by atoms with Crippen molar-refractivity contribution in [3.05, 3.63) is 0 Å². The van der Waals surface area contributed by atoms with E-state index in [2.05, 4.69) is 0 Å². The molecule has 4 aliphatic carbocycles. The van der Waals surface area contributed by atoms with Gasteiger partial charge in [-0.1, -0.05) is 12.8 Å². The minimum Gasteiger partial charge on any atom is -0.393 e. The maximum atomic E-state index is 10.4. The van der Waals surface area contributed by atoms with E-state index in [9.17, 15) is 5.11 Å². The standard InChI is InChI=1S/C17H28O/c18-17(9-15-7-11-1-3-13(15)5-11)10-16-8-12-2-4-14(16)6-12/h11-18H,1-10H2. The van der Waals surface area contributed by atoms with Crippen LogP contribution in [0.5, 0.6) is 0 Å². The smallest absolute Gasteiger partial charge is 0.0545 e. The van der Waals surface area contributed by atoms with E-state index in [1.165, 1.54) is 51.4 Å². The first-order valence-electron chi connectivity index (χ1n) is 8.46. The van der Waals surface area contributed by atoms with E-state index in [4.69, 9.17) is 0 Å². The highest BCUT2D eigenvalue weighted by Gasteiger charge is 2.42. The Bertz CT molecular complexity index is 283. The summed E-state index contributed by atoms with van der Waals surface area (Å²) < 4.78 is 0. The second-order valence-electron chi connectivity index (χ2n) is 8.00. The van der Waals surface area contributed by atoms with Gasteiger partial charge in [-0.2, -0.15) is 0 Å². The molecule has 0 spiro atoms. The van der Waals surface area contributed by atoms with Crippen molar-refractivity contribution >= 4 is 0 Å². The molecule has 0 aromatic carbocycles. The van der Waals surface area contributed by atoms with E-state index in [1.54, 1.807) is 0 Å². The lowest BCUT2D eigenvalue weighted by molar-refractivity contribution is 0.0882. The zero-order chi connectivity index (χ0) is 12.1. The summed E-state index contributed by atoms with van der Waals surface area (Å²) in [5.41, 5.74) is 0. The van der Waals surface area contributed by atoms with Gasteiger partial charge in [0.15, 0.2) is 0 Å². The SMILES string of the molecule is OC(CC1CC2CCC1C2)CC1CC2CCC1C2. The number of fused-ring (bicyclic) bond motifs is 4. The lowest BCUT2D eigenvalue weighted by Crippen LogP contribution is -2.23. The monoisotopic (exact) mass is 248 g/mol. The number of aliphatic hydroxyl groups excluding tert-OH is 1. The van der Waals surface area contributed by atoms with E-state index in [1.807, 2.05) is 0 Å². The molecular formula is C17H28O. The van der Waals surface area contributed by atoms with E-state index < -0.39 is 0 Å². The van der Waals surface area contributed by atoms with E-state index in [-0.39, 0.29) is 6.10 Å². The van der Waals surface area contributed by atoms with Gasteiger partial charge >= 0.3 is 0 Å². The Hall–Kier alpha value is -0.0400. The zero-order valence-corrected chi connectivity index (χ0v) is 11.6. The number of aliphatic hydroxyl groups is 1. The average molecular weight is 248 g/mol. The van der Waals surface area contributed by atoms with Gasteiger partial charge in [-0.3, -0.25) is 0 Å². The van der Waals surface area contributed by atoms with Crippen LogP contribution in [0, 0.1) is 35.5 Å². The highest BCUT2D eigenvalue weighted by molar-refractivity contribution is 4.93. The fourth-order valence-electron chi connectivity index (χ4n) is 6.13. The summed E-state index contributed by atoms with van der Waals surface area (Å²) in [6, 6.07) is 0. The molecule has 0 aromatic heterocycles. The molecule has 6 unspecified atom stereocenters. The Morgan fingerprint density at radius 1 is 0.722 bits per heavy atom. The number of hydrogen-bond donors (Lipinski definition) is 1. The van der Waals surface area contributed by atoms with E-state index in [0.717, 1.165) is 48.3 Å². The summed E-state index contributed by atoms with van der Waals surface area (Å²) in [4.78, 5) is 0. The molecule has 0 heterocycles. The van der Waals surface area contributed by atoms with E-state index in [0.29, 0.717) is 0 Å². The van der Waals surface area contributed by atoms with Crippen molar-refractivity contribution in [3.8, 4) is 0 Å². The molecule has 0 amide bonds. The maximum Gasteiger partial charge on any atom is 0.0545 e. The lowest BCUT2D eigenvalue weighted by atomic mass is 9.80. The Labute approximate surface area is 111 Å². The van der Waals surface area contributed by atoms with Crippen molar-refractivity contribution in [2.75, 3.05) is 0 Å². The van der Waals surface area contributed by atoms with Gasteiger partial charge in [0.05, 0.1) is 6.10 Å². The van der Waals surface area contributed by atoms with Crippen LogP contribution < -0.4 is 0 Å². The van der Waals surface area contributed by atoms with Crippen LogP contribution in [0.4, 0.5) is 0 Å². The highest BCUT2D eigenvalue weighted by Crippen LogP contribution is 2.52. The normalized spacial score (nSPS) is 51.2. The molecule has 0 aromatic rings. The molecule has 0 radical (unpaired) electrons. The molecule has 102 valence electrons. The van der Waals surface area contributed by atoms with Gasteiger partial charge in [0.25, 0.3) is 0 Å². The van der Waals surface area contributed by atoms with Crippen molar-refractivity contribution < 1.29 is 5.11 Å². The highest BCUT2D eigenvalue weighted by atomic mass is 16.3. The van der Waals surface area contributed by atoms with Crippen LogP contribution in [0.3, 0.4) is 0 Å². The second kappa shape index (κ2) is 4.51. The van der Waals surface area contributed by atoms with Crippen LogP contribution in [0.2, 0.25) is 0 Å². The first-order chi connectivity index (χ1) is 8.78. The van der Waals surface area contributed by atoms with Crippen LogP contribution in [0.15, 0.2) is 0 Å². The third-order valence-corrected chi connectivity index (χ3v) is 6.92. The van der Waals surface area contributed by atoms with Crippen LogP contribution in [0.1, 0.15) is 64.2 Å². The average Bonchev–Trinajstić information content (AvgIpc) is 3.08. The minimum atomic E-state index is 0.0266. The van der Waals surface area contributed by atoms with E-state index >= 15 is 0 Å². The number of rotatable bonds is 4. The molecule has 18 heavy (non-hydrogen) atoms. The molecule has 4 bridgehead atoms. The van der Waals surface area contributed by atoms with Crippen molar-refractivity contribution in [2.45, 2.75) is 70.3 Å². The van der Waals surface area contributed by atoms with Crippen molar-refractivity contribution in [3.63, 3.8) is 0 Å². The third-order valence-electron chi connectivity index (χ3n) is 6.92. The predicted molar refractivity (Wildman–Crippen MR) is 73.1 cm³/mol. The zero-order valence-electron chi connectivity index (χ0n) is 11.6. The van der Waals surface area contributed by atoms with Crippen molar-refractivity contribution in [2.24, 2.45) is 35.5 Å². The second-order valence-corrected chi connectivity index (χ2v) is 8.00. The summed E-state index contributed by atoms with van der Waals surface area (Å²) in [5, 5.41) is 10.4. The third kappa shape index (κ3) is 2.03. The summed E-state index contributed by atoms with van der Waals surface area (Å²) >= 11 is 0. The molecule has 1 nitrogen and oxygen atoms in total. The van der Waals surface area contributed by atoms with Gasteiger partial charge in [0.2, 0.25) is 0 Å². The van der Waals surface area contributed by atoms with Crippen molar-refractivity contribution in [1.29, 1.82) is 0 Å². The molecule has 4 saturated carbocycles. The Kier molecular flexibility index (Phi) is 2.94. The summed E-state index contributed by atoms with van der Waals surface area (Å²) in [6.45, 7) is 0. The van der Waals surface area contributed by atoms with Crippen LogP contribution in [0.25, 0.3) is 0 Å². The molecule has 0 aliphatic heterocycles. The maximum absolute atomic E-state index is 10.4. The first kappa shape index (κ1) is 11.8. The van der Waals surface area contributed by atoms with Gasteiger partial charge in [-0.25, -0.2) is 0 Å². The van der Waals surface area contributed by atoms with Gasteiger partial charge < -0.3 is 5.11 Å². The number of hydrogen-bond acceptors (Lipinski definition) is 1. The quantitative estimate of drug-likeness (QED) is 0.797. The molecule has 1 heteroatoms. The summed E-state index contributed by atoms with van der Waals surface area (Å²) in [6.07, 6.45) is 14.1. The Morgan fingerprint density at radius 3 is 1.56 bits per heavy atom. The van der Waals surface area contributed by atoms with Crippen LogP contribution >= 0.6 is 0 Å². The fraction of sp³-hybridized carbons (Fsp3) is 1.00. The van der Waals surface area contributed by atoms with Gasteiger partial charge in [0, 0.05) is 0 Å². The topological polar surface area (TPSA) is 20.2 Å². The minimum absolute atomic E-state index is 0.0266. The van der Waals surface area contributed by atoms with Crippen LogP contribution in [-0.4, -0.2) is 11.2 Å². The molecular weight excluding hydrogens is 220 g/mol. The largest absolute Gasteiger partial charge is 0.393 e. The summed E-state index contributed by atoms with van der Waals surface area (Å²) in [5.74, 6) is 5.83. The van der Waals surface area contributed by atoms with Crippen LogP contribution in [-0.2, 0) is 0 Å². The van der Waals surface area contributed by atoms with Gasteiger partial charge in [-0.15, -0.1) is 0 Å². The Morgan fingerprint density at radius 2 is 1.22 bits per heavy atom. The lowest BCUT2D eigenvalue weighted by Gasteiger charge is -2.28. The molecule has 0 saturated heterocycles. The fourth-order valence-corrected chi connectivity index (χ4v) is 6.13. The summed E-state index contributed by atoms with van der Waals surface area (Å²) in [7, 11) is 0. The first-order valence-corrected chi connectivity index (χ1v) is 8.46. The molecule has 6 atom stereocenters. The molecule has 4 aliphatic rings. The van der Waals surface area contributed by atoms with Gasteiger partial charge in [-0.05, 0) is 86.9 Å². The molecule has 4 fully saturated rings. The van der Waals surface area contributed by atoms with Crippen molar-refractivity contribution in [1.82, 2.24) is 0 Å². The Balaban J connectivity index is 1.28. The molecule has 1 N–H and O–H groups in total. The predicted octanol–water partition coefficient (Wildman–Crippen LogP) is 4.00. The van der Waals surface area contributed by atoms with Gasteiger partial charge in [0.1, 0.15) is 0 Å².